The molecule has 1 aromatic carbocycles. The van der Waals surface area contributed by atoms with Crippen LogP contribution in [0.2, 0.25) is 0 Å². The number of rotatable bonds is 13. The Hall–Kier alpha value is -3.21. The maximum Gasteiger partial charge on any atom is 0.451 e. The largest absolute Gasteiger partial charge is 0.494 e. The Labute approximate surface area is 209 Å². The van der Waals surface area contributed by atoms with Crippen LogP contribution in [0.1, 0.15) is 32.5 Å². The number of hydrogen-bond donors (Lipinski definition) is 0. The van der Waals surface area contributed by atoms with Crippen molar-refractivity contribution in [1.82, 2.24) is 14.8 Å². The summed E-state index contributed by atoms with van der Waals surface area (Å²) in [5.74, 6) is -5.76. The van der Waals surface area contributed by atoms with Crippen molar-refractivity contribution in [3.05, 3.63) is 30.6 Å². The summed E-state index contributed by atoms with van der Waals surface area (Å²) >= 11 is 0. The lowest BCUT2D eigenvalue weighted by Crippen LogP contribution is -2.25. The van der Waals surface area contributed by atoms with E-state index < -0.39 is 45.1 Å². The second-order valence-corrected chi connectivity index (χ2v) is 9.03. The van der Waals surface area contributed by atoms with Gasteiger partial charge in [0.05, 0.1) is 19.3 Å². The zero-order valence-electron chi connectivity index (χ0n) is 20.1. The smallest absolute Gasteiger partial charge is 0.451 e. The summed E-state index contributed by atoms with van der Waals surface area (Å²) in [6.07, 6.45) is -2.32. The van der Waals surface area contributed by atoms with E-state index in [2.05, 4.69) is 35.6 Å². The molecule has 1 atom stereocenters. The third-order valence-electron chi connectivity index (χ3n) is 4.61. The van der Waals surface area contributed by atoms with Crippen molar-refractivity contribution in [2.45, 2.75) is 45.2 Å². The Kier molecular flexibility index (Phi) is 10.4. The van der Waals surface area contributed by atoms with E-state index in [-0.39, 0.29) is 12.3 Å². The molecule has 206 valence electrons. The van der Waals surface area contributed by atoms with Crippen molar-refractivity contribution >= 4 is 33.0 Å². The third-order valence-corrected chi connectivity index (χ3v) is 5.69. The summed E-state index contributed by atoms with van der Waals surface area (Å²) in [7, 11) is -3.84. The van der Waals surface area contributed by atoms with Crippen LogP contribution in [0.4, 0.5) is 49.5 Å². The number of methoxy groups -OCH3 is 1. The molecule has 0 aliphatic rings. The minimum absolute atomic E-state index is 0.167. The second kappa shape index (κ2) is 12.8. The van der Waals surface area contributed by atoms with Crippen LogP contribution in [-0.2, 0) is 27.1 Å². The first kappa shape index (κ1) is 30.0. The summed E-state index contributed by atoms with van der Waals surface area (Å²) in [6, 6.07) is 2.34. The molecule has 10 nitrogen and oxygen atoms in total. The molecule has 0 saturated heterocycles. The number of alkyl halides is 5. The molecular formula is C20H25F6N7O3S. The minimum atomic E-state index is -5.15. The molecule has 0 spiro atoms. The lowest BCUT2D eigenvalue weighted by Gasteiger charge is -2.26. The van der Waals surface area contributed by atoms with Gasteiger partial charge in [-0.15, -0.1) is 21.9 Å². The molecular weight excluding hydrogens is 532 g/mol. The van der Waals surface area contributed by atoms with Crippen LogP contribution in [0.5, 0.6) is 5.75 Å². The fourth-order valence-electron chi connectivity index (χ4n) is 3.15. The summed E-state index contributed by atoms with van der Waals surface area (Å²) in [5, 5.41) is 10.8. The highest BCUT2D eigenvalue weighted by Crippen LogP contribution is 2.42. The number of halogens is 6. The molecule has 2 aromatic rings. The first-order valence-corrected chi connectivity index (χ1v) is 12.3. The monoisotopic (exact) mass is 557 g/mol. The summed E-state index contributed by atoms with van der Waals surface area (Å²) in [6.45, 7) is 7.83. The standard InChI is InChI=1S/C20H25F6N7O3S/c1-5-8-32(9-6-2)15-11-14(31-37(34,36-26)18(21)22)13(12-16(15)35-4)28-29-19-27-17(20(23,24)25)33(30-19)10-7-3/h7,11-12,18H,3,5-6,8-10H2,1-2,4H3. The summed E-state index contributed by atoms with van der Waals surface area (Å²) in [5.41, 5.74) is -0.597. The fourth-order valence-corrected chi connectivity index (χ4v) is 3.74. The molecule has 0 aliphatic carbocycles. The zero-order valence-corrected chi connectivity index (χ0v) is 20.9. The number of azo groups is 1. The molecule has 0 aliphatic heterocycles. The van der Waals surface area contributed by atoms with Gasteiger partial charge < -0.3 is 9.64 Å². The minimum Gasteiger partial charge on any atom is -0.494 e. The predicted molar refractivity (Wildman–Crippen MR) is 124 cm³/mol. The molecule has 1 unspecified atom stereocenters. The van der Waals surface area contributed by atoms with E-state index in [1.807, 2.05) is 18.7 Å². The average Bonchev–Trinajstić information content (AvgIpc) is 3.26. The molecule has 0 amide bonds. The van der Waals surface area contributed by atoms with E-state index in [1.165, 1.54) is 19.2 Å². The third kappa shape index (κ3) is 7.41. The maximum atomic E-state index is 13.3. The van der Waals surface area contributed by atoms with Crippen molar-refractivity contribution in [2.24, 2.45) is 14.6 Å². The van der Waals surface area contributed by atoms with Gasteiger partial charge in [0.2, 0.25) is 5.82 Å². The molecule has 1 heterocycles. The number of ether oxygens (including phenoxy) is 1. The normalized spacial score (nSPS) is 13.7. The Morgan fingerprint density at radius 3 is 2.32 bits per heavy atom. The maximum absolute atomic E-state index is 13.3. The average molecular weight is 558 g/mol. The van der Waals surface area contributed by atoms with Gasteiger partial charge in [-0.05, 0) is 23.4 Å². The summed E-state index contributed by atoms with van der Waals surface area (Å²) < 4.78 is 103. The van der Waals surface area contributed by atoms with E-state index in [0.717, 1.165) is 6.08 Å². The molecule has 0 fully saturated rings. The Bertz CT molecular complexity index is 1220. The lowest BCUT2D eigenvalue weighted by atomic mass is 10.2. The molecule has 2 rings (SSSR count). The van der Waals surface area contributed by atoms with Crippen molar-refractivity contribution in [3.63, 3.8) is 0 Å². The van der Waals surface area contributed by atoms with E-state index in [9.17, 15) is 30.7 Å². The van der Waals surface area contributed by atoms with Crippen LogP contribution < -0.4 is 9.64 Å². The fraction of sp³-hybridized carbons (Fsp3) is 0.500. The van der Waals surface area contributed by atoms with Gasteiger partial charge in [0.1, 0.15) is 17.1 Å². The summed E-state index contributed by atoms with van der Waals surface area (Å²) in [4.78, 5) is 5.11. The van der Waals surface area contributed by atoms with Gasteiger partial charge in [0.25, 0.3) is 16.0 Å². The molecule has 1 aromatic heterocycles. The molecule has 0 saturated carbocycles. The van der Waals surface area contributed by atoms with Crippen LogP contribution in [-0.4, -0.2) is 44.9 Å². The number of nitrogens with zero attached hydrogens (tertiary/aromatic N) is 7. The van der Waals surface area contributed by atoms with Crippen molar-refractivity contribution < 1.29 is 39.8 Å². The SMILES string of the molecule is C=CCn1nc(N=Nc2cc(OC)c(N(CCC)CCC)cc2N=S(=O)(OF)C(F)F)nc1C(F)(F)F. The van der Waals surface area contributed by atoms with E-state index in [0.29, 0.717) is 36.3 Å². The number of benzene rings is 1. The molecule has 37 heavy (non-hydrogen) atoms. The van der Waals surface area contributed by atoms with Crippen LogP contribution in [0.25, 0.3) is 0 Å². The van der Waals surface area contributed by atoms with Gasteiger partial charge in [0, 0.05) is 19.2 Å². The molecule has 0 N–H and O–H groups in total. The predicted octanol–water partition coefficient (Wildman–Crippen LogP) is 6.67. The Morgan fingerprint density at radius 1 is 1.19 bits per heavy atom. The van der Waals surface area contributed by atoms with Gasteiger partial charge in [-0.2, -0.15) is 31.3 Å². The zero-order chi connectivity index (χ0) is 27.8. The van der Waals surface area contributed by atoms with E-state index in [4.69, 9.17) is 4.74 Å². The Morgan fingerprint density at radius 2 is 1.84 bits per heavy atom. The number of aromatic nitrogens is 3. The highest BCUT2D eigenvalue weighted by Gasteiger charge is 2.38. The second-order valence-electron chi connectivity index (χ2n) is 7.33. The van der Waals surface area contributed by atoms with Gasteiger partial charge in [-0.1, -0.05) is 24.3 Å². The van der Waals surface area contributed by atoms with Gasteiger partial charge in [-0.3, -0.25) is 0 Å². The topological polar surface area (TPSA) is 107 Å². The van der Waals surface area contributed by atoms with Crippen molar-refractivity contribution in [2.75, 3.05) is 25.1 Å². The van der Waals surface area contributed by atoms with Crippen molar-refractivity contribution in [1.29, 1.82) is 0 Å². The molecule has 0 radical (unpaired) electrons. The number of allylic oxidation sites excluding steroid dienone is 1. The van der Waals surface area contributed by atoms with Gasteiger partial charge >= 0.3 is 11.9 Å². The van der Waals surface area contributed by atoms with Crippen LogP contribution in [0, 0.1) is 0 Å². The van der Waals surface area contributed by atoms with Crippen molar-refractivity contribution in [3.8, 4) is 5.75 Å². The molecule has 0 bridgehead atoms. The van der Waals surface area contributed by atoms with Crippen LogP contribution in [0.15, 0.2) is 39.4 Å². The first-order valence-electron chi connectivity index (χ1n) is 10.8. The Balaban J connectivity index is 2.75. The highest BCUT2D eigenvalue weighted by atomic mass is 32.2. The quantitative estimate of drug-likeness (QED) is 0.155. The molecule has 17 heteroatoms. The van der Waals surface area contributed by atoms with E-state index in [1.54, 1.807) is 0 Å². The number of hydrogen-bond acceptors (Lipinski definition) is 9. The highest BCUT2D eigenvalue weighted by molar-refractivity contribution is 7.89. The van der Waals surface area contributed by atoms with Crippen LogP contribution >= 0.6 is 0 Å². The first-order chi connectivity index (χ1) is 17.4. The van der Waals surface area contributed by atoms with Gasteiger partial charge in [0.15, 0.2) is 0 Å². The number of anilines is 1. The van der Waals surface area contributed by atoms with Crippen LogP contribution in [0.3, 0.4) is 0 Å². The van der Waals surface area contributed by atoms with Gasteiger partial charge in [-0.25, -0.2) is 8.89 Å². The lowest BCUT2D eigenvalue weighted by molar-refractivity contribution is -0.147. The van der Waals surface area contributed by atoms with E-state index >= 15 is 0 Å².